The van der Waals surface area contributed by atoms with Gasteiger partial charge in [-0.05, 0) is 70.6 Å². The maximum absolute atomic E-state index is 13.1. The van der Waals surface area contributed by atoms with Crippen molar-refractivity contribution in [1.82, 2.24) is 5.32 Å². The lowest BCUT2D eigenvalue weighted by Gasteiger charge is -2.40. The predicted octanol–water partition coefficient (Wildman–Crippen LogP) is 12.9. The molecule has 10 nitrogen and oxygen atoms in total. The molecule has 0 spiro atoms. The molecule has 0 aromatic carbocycles. The van der Waals surface area contributed by atoms with Gasteiger partial charge in [0.15, 0.2) is 6.29 Å². The summed E-state index contributed by atoms with van der Waals surface area (Å²) in [5.41, 5.74) is 0. The Bertz CT molecular complexity index is 1280. The van der Waals surface area contributed by atoms with Crippen molar-refractivity contribution in [1.29, 1.82) is 0 Å². The van der Waals surface area contributed by atoms with Gasteiger partial charge in [0.2, 0.25) is 5.91 Å². The molecule has 0 bridgehead atoms. The minimum absolute atomic E-state index is 0.299. The van der Waals surface area contributed by atoms with Crippen LogP contribution in [0, 0.1) is 0 Å². The zero-order valence-corrected chi connectivity index (χ0v) is 44.2. The fourth-order valence-corrected chi connectivity index (χ4v) is 8.74. The topological polar surface area (TPSA) is 169 Å². The highest BCUT2D eigenvalue weighted by Gasteiger charge is 2.44. The Balaban J connectivity index is 2.17. The highest BCUT2D eigenvalue weighted by Crippen LogP contribution is 2.23. The number of ether oxygens (including phenoxy) is 2. The van der Waals surface area contributed by atoms with Crippen LogP contribution in [0.2, 0.25) is 0 Å². The highest BCUT2D eigenvalue weighted by atomic mass is 16.7. The summed E-state index contributed by atoms with van der Waals surface area (Å²) >= 11 is 0. The molecule has 1 fully saturated rings. The Kier molecular flexibility index (Phi) is 45.3. The molecule has 1 aliphatic heterocycles. The number of hydrogen-bond donors (Lipinski definition) is 7. The summed E-state index contributed by atoms with van der Waals surface area (Å²) in [6.45, 7) is 3.54. The van der Waals surface area contributed by atoms with Crippen LogP contribution in [0.15, 0.2) is 60.8 Å². The van der Waals surface area contributed by atoms with Gasteiger partial charge in [0, 0.05) is 0 Å². The second-order valence-corrected chi connectivity index (χ2v) is 19.8. The lowest BCUT2D eigenvalue weighted by atomic mass is 9.99. The molecule has 0 aromatic heterocycles. The van der Waals surface area contributed by atoms with Gasteiger partial charge in [-0.15, -0.1) is 0 Å². The van der Waals surface area contributed by atoms with Crippen LogP contribution in [0.4, 0.5) is 0 Å². The fourth-order valence-electron chi connectivity index (χ4n) is 8.74. The van der Waals surface area contributed by atoms with Gasteiger partial charge in [0.25, 0.3) is 0 Å². The van der Waals surface area contributed by atoms with Gasteiger partial charge < -0.3 is 45.4 Å². The molecule has 1 amide bonds. The number of aliphatic hydroxyl groups is 6. The number of aliphatic hydroxyl groups excluding tert-OH is 6. The summed E-state index contributed by atoms with van der Waals surface area (Å²) in [7, 11) is 0. The SMILES string of the molecule is CCCC/C=C/CC/C=C/CC/C=C/C(O)C(COC1OC(CO)C(O)C(O)C1O)NC(=O)C(O)CCCCCCCCCCCCCCCCCC/C=C\C/C=C\CCCCCCCCCCC. The molecule has 1 heterocycles. The van der Waals surface area contributed by atoms with Crippen LogP contribution < -0.4 is 5.32 Å². The molecule has 7 N–H and O–H groups in total. The van der Waals surface area contributed by atoms with E-state index in [2.05, 4.69) is 67.8 Å². The average molecular weight is 975 g/mol. The monoisotopic (exact) mass is 974 g/mol. The van der Waals surface area contributed by atoms with Crippen LogP contribution in [0.25, 0.3) is 0 Å². The number of allylic oxidation sites excluding steroid dienone is 9. The molecule has 10 heteroatoms. The number of unbranched alkanes of at least 4 members (excludes halogenated alkanes) is 29. The zero-order valence-electron chi connectivity index (χ0n) is 44.2. The van der Waals surface area contributed by atoms with E-state index in [9.17, 15) is 35.4 Å². The standard InChI is InChI=1S/C59H107NO9/c1-3-5-7-9-11-13-15-17-18-19-20-21-22-23-24-25-26-27-28-29-30-31-32-33-34-35-36-38-40-42-44-46-48-53(63)58(67)60-51(50-68-59-57(66)56(65)55(64)54(49-61)69-59)52(62)47-45-43-41-39-37-16-14-12-10-8-6-4-2/h10,12,20-21,23-24,37,39,45,47,51-57,59,61-66H,3-9,11,13-19,22,25-36,38,40-44,46,48-50H2,1-2H3,(H,60,67)/b12-10+,21-20-,24-23-,39-37+,47-45+. The number of amides is 1. The third kappa shape index (κ3) is 37.3. The van der Waals surface area contributed by atoms with Gasteiger partial charge in [0.1, 0.15) is 30.5 Å². The van der Waals surface area contributed by atoms with Crippen molar-refractivity contribution >= 4 is 5.91 Å². The number of carbonyl (C=O) groups is 1. The second-order valence-electron chi connectivity index (χ2n) is 19.8. The Morgan fingerprint density at radius 1 is 0.507 bits per heavy atom. The summed E-state index contributed by atoms with van der Waals surface area (Å²) in [4.78, 5) is 13.1. The van der Waals surface area contributed by atoms with Gasteiger partial charge in [-0.3, -0.25) is 4.79 Å². The zero-order chi connectivity index (χ0) is 50.3. The number of rotatable bonds is 48. The number of nitrogens with one attached hydrogen (secondary N) is 1. The van der Waals surface area contributed by atoms with E-state index in [1.165, 1.54) is 161 Å². The van der Waals surface area contributed by atoms with Crippen molar-refractivity contribution in [2.75, 3.05) is 13.2 Å². The maximum atomic E-state index is 13.1. The van der Waals surface area contributed by atoms with Crippen molar-refractivity contribution in [3.63, 3.8) is 0 Å². The van der Waals surface area contributed by atoms with Gasteiger partial charge in [-0.2, -0.15) is 0 Å². The van der Waals surface area contributed by atoms with E-state index in [4.69, 9.17) is 9.47 Å². The Labute approximate surface area is 422 Å². The van der Waals surface area contributed by atoms with E-state index in [0.29, 0.717) is 19.3 Å². The maximum Gasteiger partial charge on any atom is 0.249 e. The summed E-state index contributed by atoms with van der Waals surface area (Å²) < 4.78 is 11.1. The molecule has 0 radical (unpaired) electrons. The van der Waals surface area contributed by atoms with Gasteiger partial charge in [0.05, 0.1) is 25.4 Å². The van der Waals surface area contributed by atoms with Crippen LogP contribution in [0.3, 0.4) is 0 Å². The molecule has 1 rings (SSSR count). The minimum Gasteiger partial charge on any atom is -0.394 e. The summed E-state index contributed by atoms with van der Waals surface area (Å²) in [6.07, 6.45) is 54.9. The largest absolute Gasteiger partial charge is 0.394 e. The first-order valence-electron chi connectivity index (χ1n) is 28.6. The summed E-state index contributed by atoms with van der Waals surface area (Å²) in [6, 6.07) is -1.00. The lowest BCUT2D eigenvalue weighted by Crippen LogP contribution is -2.60. The number of hydrogen-bond acceptors (Lipinski definition) is 9. The molecular formula is C59H107NO9. The van der Waals surface area contributed by atoms with Crippen LogP contribution in [0.5, 0.6) is 0 Å². The molecule has 0 saturated carbocycles. The van der Waals surface area contributed by atoms with Gasteiger partial charge in [-0.1, -0.05) is 235 Å². The molecule has 0 aromatic rings. The van der Waals surface area contributed by atoms with E-state index < -0.39 is 61.5 Å². The van der Waals surface area contributed by atoms with Gasteiger partial charge in [-0.25, -0.2) is 0 Å². The first kappa shape index (κ1) is 64.9. The first-order chi connectivity index (χ1) is 33.8. The molecule has 1 aliphatic rings. The van der Waals surface area contributed by atoms with E-state index >= 15 is 0 Å². The fraction of sp³-hybridized carbons (Fsp3) is 0.814. The molecule has 402 valence electrons. The van der Waals surface area contributed by atoms with Crippen molar-refractivity contribution in [2.24, 2.45) is 0 Å². The summed E-state index contributed by atoms with van der Waals surface area (Å²) in [5.74, 6) is -0.631. The van der Waals surface area contributed by atoms with Crippen molar-refractivity contribution in [3.8, 4) is 0 Å². The van der Waals surface area contributed by atoms with E-state index in [-0.39, 0.29) is 6.61 Å². The first-order valence-corrected chi connectivity index (χ1v) is 28.6. The highest BCUT2D eigenvalue weighted by molar-refractivity contribution is 5.80. The molecule has 1 saturated heterocycles. The lowest BCUT2D eigenvalue weighted by molar-refractivity contribution is -0.302. The van der Waals surface area contributed by atoms with Crippen LogP contribution in [0.1, 0.15) is 245 Å². The summed E-state index contributed by atoms with van der Waals surface area (Å²) in [5, 5.41) is 64.8. The van der Waals surface area contributed by atoms with Gasteiger partial charge >= 0.3 is 0 Å². The number of carbonyl (C=O) groups excluding carboxylic acids is 1. The molecule has 0 aliphatic carbocycles. The molecule has 8 unspecified atom stereocenters. The quantitative estimate of drug-likeness (QED) is 0.0232. The normalized spacial score (nSPS) is 20.4. The Morgan fingerprint density at radius 3 is 1.39 bits per heavy atom. The van der Waals surface area contributed by atoms with E-state index in [1.807, 2.05) is 6.08 Å². The van der Waals surface area contributed by atoms with Crippen molar-refractivity contribution in [2.45, 2.75) is 294 Å². The van der Waals surface area contributed by atoms with Crippen molar-refractivity contribution in [3.05, 3.63) is 60.8 Å². The second kappa shape index (κ2) is 48.1. The smallest absolute Gasteiger partial charge is 0.249 e. The predicted molar refractivity (Wildman–Crippen MR) is 287 cm³/mol. The minimum atomic E-state index is -1.62. The third-order valence-electron chi connectivity index (χ3n) is 13.4. The average Bonchev–Trinajstić information content (AvgIpc) is 3.35. The van der Waals surface area contributed by atoms with E-state index in [1.54, 1.807) is 6.08 Å². The van der Waals surface area contributed by atoms with Crippen LogP contribution in [-0.4, -0.2) is 98.7 Å². The Hall–Kier alpha value is -2.15. The van der Waals surface area contributed by atoms with E-state index in [0.717, 1.165) is 51.4 Å². The van der Waals surface area contributed by atoms with Crippen LogP contribution >= 0.6 is 0 Å². The molecule has 8 atom stereocenters. The molecular weight excluding hydrogens is 867 g/mol. The third-order valence-corrected chi connectivity index (χ3v) is 13.4. The van der Waals surface area contributed by atoms with Crippen molar-refractivity contribution < 1.29 is 44.9 Å². The van der Waals surface area contributed by atoms with Crippen LogP contribution in [-0.2, 0) is 14.3 Å². The Morgan fingerprint density at radius 2 is 0.913 bits per heavy atom. The molecule has 69 heavy (non-hydrogen) atoms.